The van der Waals surface area contributed by atoms with E-state index in [1.807, 2.05) is 60.1 Å². The number of para-hydroxylation sites is 1. The van der Waals surface area contributed by atoms with Gasteiger partial charge >= 0.3 is 0 Å². The normalized spacial score (nSPS) is 10.7. The highest BCUT2D eigenvalue weighted by Crippen LogP contribution is 2.36. The molecule has 3 aromatic carbocycles. The summed E-state index contributed by atoms with van der Waals surface area (Å²) in [5, 5.41) is 4.07. The third-order valence-electron chi connectivity index (χ3n) is 3.59. The van der Waals surface area contributed by atoms with Gasteiger partial charge in [-0.25, -0.2) is 4.98 Å². The molecule has 0 atom stereocenters. The molecule has 0 aliphatic heterocycles. The summed E-state index contributed by atoms with van der Waals surface area (Å²) >= 11 is 23.7. The van der Waals surface area contributed by atoms with Crippen molar-refractivity contribution in [1.29, 1.82) is 0 Å². The first-order chi connectivity index (χ1) is 11.5. The lowest BCUT2D eigenvalue weighted by Gasteiger charge is -2.03. The number of rotatable bonds is 0. The molecule has 6 heteroatoms. The molecular weight excluding hydrogens is 386 g/mol. The van der Waals surface area contributed by atoms with Gasteiger partial charge in [0.1, 0.15) is 5.52 Å². The first-order valence-electron chi connectivity index (χ1n) is 7.07. The molecule has 1 aromatic heterocycles. The average Bonchev–Trinajstić information content (AvgIpc) is 2.96. The molecule has 0 saturated carbocycles. The number of halogens is 4. The smallest absolute Gasteiger partial charge is 0.107 e. The molecule has 0 amide bonds. The topological polar surface area (TPSA) is 17.8 Å². The number of aryl methyl sites for hydroxylation is 1. The molecular formula is C18H12Cl4N2. The van der Waals surface area contributed by atoms with Gasteiger partial charge in [0.05, 0.1) is 31.9 Å². The van der Waals surface area contributed by atoms with Crippen molar-refractivity contribution in [2.24, 2.45) is 7.05 Å². The third-order valence-corrected chi connectivity index (χ3v) is 5.17. The van der Waals surface area contributed by atoms with Crippen LogP contribution in [0.15, 0.2) is 54.9 Å². The van der Waals surface area contributed by atoms with E-state index in [-0.39, 0.29) is 0 Å². The second-order valence-corrected chi connectivity index (χ2v) is 6.74. The predicted molar refractivity (Wildman–Crippen MR) is 105 cm³/mol. The van der Waals surface area contributed by atoms with E-state index in [4.69, 9.17) is 46.4 Å². The van der Waals surface area contributed by atoms with Gasteiger partial charge in [-0.1, -0.05) is 76.7 Å². The summed E-state index contributed by atoms with van der Waals surface area (Å²) in [7, 11) is 1.95. The van der Waals surface area contributed by atoms with E-state index in [9.17, 15) is 0 Å². The number of hydrogen-bond donors (Lipinski definition) is 0. The summed E-state index contributed by atoms with van der Waals surface area (Å²) in [4.78, 5) is 4.15. The SMILES string of the molecule is Clc1cc2ccccc2c(Cl)c1Cl.Cn1cnc2c(Cl)cccc21. The van der Waals surface area contributed by atoms with E-state index in [0.29, 0.717) is 20.1 Å². The lowest BCUT2D eigenvalue weighted by atomic mass is 10.1. The Balaban J connectivity index is 0.000000143. The van der Waals surface area contributed by atoms with Gasteiger partial charge in [-0.2, -0.15) is 0 Å². The van der Waals surface area contributed by atoms with Gasteiger partial charge in [0.15, 0.2) is 0 Å². The molecule has 24 heavy (non-hydrogen) atoms. The number of imidazole rings is 1. The third kappa shape index (κ3) is 3.33. The molecule has 0 unspecified atom stereocenters. The highest BCUT2D eigenvalue weighted by molar-refractivity contribution is 6.50. The Morgan fingerprint density at radius 1 is 0.833 bits per heavy atom. The van der Waals surface area contributed by atoms with Crippen molar-refractivity contribution in [3.8, 4) is 0 Å². The summed E-state index contributed by atoms with van der Waals surface area (Å²) in [5.41, 5.74) is 1.94. The molecule has 0 aliphatic rings. The second kappa shape index (κ2) is 7.20. The van der Waals surface area contributed by atoms with E-state index in [1.165, 1.54) is 0 Å². The van der Waals surface area contributed by atoms with Crippen LogP contribution >= 0.6 is 46.4 Å². The van der Waals surface area contributed by atoms with Crippen LogP contribution in [0.25, 0.3) is 21.8 Å². The lowest BCUT2D eigenvalue weighted by molar-refractivity contribution is 0.948. The first kappa shape index (κ1) is 17.4. The Kier molecular flexibility index (Phi) is 5.21. The second-order valence-electron chi connectivity index (χ2n) is 5.17. The Morgan fingerprint density at radius 2 is 1.58 bits per heavy atom. The van der Waals surface area contributed by atoms with Crippen LogP contribution in [-0.2, 0) is 7.05 Å². The van der Waals surface area contributed by atoms with Crippen LogP contribution in [0.1, 0.15) is 0 Å². The molecule has 1 heterocycles. The molecule has 0 radical (unpaired) electrons. The van der Waals surface area contributed by atoms with Gasteiger partial charge in [-0.05, 0) is 23.6 Å². The van der Waals surface area contributed by atoms with Crippen molar-refractivity contribution in [2.75, 3.05) is 0 Å². The minimum Gasteiger partial charge on any atom is -0.334 e. The quantitative estimate of drug-likeness (QED) is 0.291. The fourth-order valence-corrected chi connectivity index (χ4v) is 3.28. The fourth-order valence-electron chi connectivity index (χ4n) is 2.37. The van der Waals surface area contributed by atoms with Crippen LogP contribution in [0.2, 0.25) is 20.1 Å². The molecule has 0 aliphatic carbocycles. The highest BCUT2D eigenvalue weighted by atomic mass is 35.5. The Labute approximate surface area is 159 Å². The van der Waals surface area contributed by atoms with E-state index in [0.717, 1.165) is 21.8 Å². The number of aromatic nitrogens is 2. The monoisotopic (exact) mass is 396 g/mol. The maximum absolute atomic E-state index is 6.01. The van der Waals surface area contributed by atoms with Crippen molar-refractivity contribution >= 4 is 68.2 Å². The molecule has 122 valence electrons. The summed E-state index contributed by atoms with van der Waals surface area (Å²) in [6.07, 6.45) is 1.76. The van der Waals surface area contributed by atoms with Crippen molar-refractivity contribution in [3.05, 3.63) is 74.9 Å². The van der Waals surface area contributed by atoms with Crippen LogP contribution in [0.4, 0.5) is 0 Å². The standard InChI is InChI=1S/C10H5Cl3.C8H7ClN2/c11-8-5-6-3-1-2-4-7(6)9(12)10(8)13;1-11-5-10-8-6(9)3-2-4-7(8)11/h1-5H;2-5H,1H3. The van der Waals surface area contributed by atoms with Crippen molar-refractivity contribution in [2.45, 2.75) is 0 Å². The van der Waals surface area contributed by atoms with Crippen molar-refractivity contribution < 1.29 is 0 Å². The van der Waals surface area contributed by atoms with E-state index in [2.05, 4.69) is 4.98 Å². The largest absolute Gasteiger partial charge is 0.334 e. The fraction of sp³-hybridized carbons (Fsp3) is 0.0556. The highest BCUT2D eigenvalue weighted by Gasteiger charge is 2.07. The van der Waals surface area contributed by atoms with Crippen LogP contribution < -0.4 is 0 Å². The number of nitrogens with zero attached hydrogens (tertiary/aromatic N) is 2. The van der Waals surface area contributed by atoms with Crippen LogP contribution in [-0.4, -0.2) is 9.55 Å². The Hall–Kier alpha value is -1.45. The molecule has 0 N–H and O–H groups in total. The van der Waals surface area contributed by atoms with E-state index >= 15 is 0 Å². The average molecular weight is 398 g/mol. The zero-order valence-electron chi connectivity index (χ0n) is 12.6. The van der Waals surface area contributed by atoms with Crippen LogP contribution in [0, 0.1) is 0 Å². The molecule has 0 saturated heterocycles. The van der Waals surface area contributed by atoms with Crippen molar-refractivity contribution in [1.82, 2.24) is 9.55 Å². The molecule has 0 bridgehead atoms. The summed E-state index contributed by atoms with van der Waals surface area (Å²) in [6, 6.07) is 15.3. The van der Waals surface area contributed by atoms with Crippen molar-refractivity contribution in [3.63, 3.8) is 0 Å². The summed E-state index contributed by atoms with van der Waals surface area (Å²) in [5.74, 6) is 0. The van der Waals surface area contributed by atoms with E-state index in [1.54, 1.807) is 6.33 Å². The predicted octanol–water partition coefficient (Wildman–Crippen LogP) is 7.03. The zero-order chi connectivity index (χ0) is 17.3. The van der Waals surface area contributed by atoms with E-state index < -0.39 is 0 Å². The first-order valence-corrected chi connectivity index (χ1v) is 8.58. The van der Waals surface area contributed by atoms with Gasteiger partial charge < -0.3 is 4.57 Å². The molecule has 0 spiro atoms. The molecule has 2 nitrogen and oxygen atoms in total. The zero-order valence-corrected chi connectivity index (χ0v) is 15.6. The lowest BCUT2D eigenvalue weighted by Crippen LogP contribution is -1.82. The van der Waals surface area contributed by atoms with Gasteiger partial charge in [-0.3, -0.25) is 0 Å². The molecule has 4 rings (SSSR count). The number of fused-ring (bicyclic) bond motifs is 2. The minimum atomic E-state index is 0.419. The molecule has 0 fully saturated rings. The van der Waals surface area contributed by atoms with Gasteiger partial charge in [0.2, 0.25) is 0 Å². The number of benzene rings is 3. The van der Waals surface area contributed by atoms with Crippen LogP contribution in [0.5, 0.6) is 0 Å². The summed E-state index contributed by atoms with van der Waals surface area (Å²) < 4.78 is 1.95. The Morgan fingerprint density at radius 3 is 2.33 bits per heavy atom. The maximum Gasteiger partial charge on any atom is 0.107 e. The minimum absolute atomic E-state index is 0.419. The molecule has 4 aromatic rings. The Bertz CT molecular complexity index is 1020. The van der Waals surface area contributed by atoms with Gasteiger partial charge in [0.25, 0.3) is 0 Å². The van der Waals surface area contributed by atoms with Crippen LogP contribution in [0.3, 0.4) is 0 Å². The maximum atomic E-state index is 6.01. The van der Waals surface area contributed by atoms with Gasteiger partial charge in [-0.15, -0.1) is 0 Å². The summed E-state index contributed by atoms with van der Waals surface area (Å²) in [6.45, 7) is 0. The van der Waals surface area contributed by atoms with Gasteiger partial charge in [0, 0.05) is 12.4 Å². The number of hydrogen-bond acceptors (Lipinski definition) is 1.